The third-order valence-corrected chi connectivity index (χ3v) is 3.01. The van der Waals surface area contributed by atoms with Crippen molar-refractivity contribution in [3.63, 3.8) is 0 Å². The minimum Gasteiger partial charge on any atom is -0.467 e. The van der Waals surface area contributed by atoms with Crippen LogP contribution in [0.15, 0.2) is 18.2 Å². The number of rotatable bonds is 1. The first-order valence-corrected chi connectivity index (χ1v) is 5.20. The van der Waals surface area contributed by atoms with Crippen LogP contribution in [0.4, 0.5) is 10.1 Å². The fraction of sp³-hybridized carbons (Fsp3) is 0.417. The van der Waals surface area contributed by atoms with Crippen LogP contribution in [-0.2, 0) is 16.0 Å². The summed E-state index contributed by atoms with van der Waals surface area (Å²) in [6.07, 6.45) is 1.28. The quantitative estimate of drug-likeness (QED) is 0.741. The second kappa shape index (κ2) is 3.77. The van der Waals surface area contributed by atoms with Crippen molar-refractivity contribution in [1.29, 1.82) is 0 Å². The van der Waals surface area contributed by atoms with Gasteiger partial charge in [-0.25, -0.2) is 9.18 Å². The Balaban J connectivity index is 2.30. The Bertz CT molecular complexity index is 433. The van der Waals surface area contributed by atoms with E-state index in [0.717, 1.165) is 11.3 Å². The third kappa shape index (κ3) is 1.75. The Hall–Kier alpha value is -1.58. The van der Waals surface area contributed by atoms with Crippen LogP contribution in [0.5, 0.6) is 0 Å². The molecule has 3 nitrogen and oxygen atoms in total. The van der Waals surface area contributed by atoms with Gasteiger partial charge in [-0.05, 0) is 43.5 Å². The predicted octanol–water partition coefficient (Wildman–Crippen LogP) is 2.12. The van der Waals surface area contributed by atoms with Gasteiger partial charge in [0.1, 0.15) is 11.4 Å². The average Bonchev–Trinajstić information content (AvgIpc) is 2.28. The number of fused-ring (bicyclic) bond motifs is 1. The lowest BCUT2D eigenvalue weighted by atomic mass is 9.88. The molecule has 86 valence electrons. The van der Waals surface area contributed by atoms with Gasteiger partial charge in [-0.15, -0.1) is 0 Å². The zero-order valence-electron chi connectivity index (χ0n) is 9.34. The number of aryl methyl sites for hydroxylation is 1. The Labute approximate surface area is 93.6 Å². The van der Waals surface area contributed by atoms with Gasteiger partial charge < -0.3 is 10.1 Å². The largest absolute Gasteiger partial charge is 0.467 e. The van der Waals surface area contributed by atoms with E-state index in [0.29, 0.717) is 12.8 Å². The molecule has 4 heteroatoms. The highest BCUT2D eigenvalue weighted by Gasteiger charge is 2.37. The molecule has 1 N–H and O–H groups in total. The summed E-state index contributed by atoms with van der Waals surface area (Å²) in [6, 6.07) is 4.54. The number of carbonyl (C=O) groups excluding carboxylic acids is 1. The van der Waals surface area contributed by atoms with Crippen molar-refractivity contribution in [3.8, 4) is 0 Å². The van der Waals surface area contributed by atoms with Gasteiger partial charge in [0.2, 0.25) is 0 Å². The Morgan fingerprint density at radius 3 is 3.00 bits per heavy atom. The molecule has 0 aliphatic carbocycles. The zero-order chi connectivity index (χ0) is 11.8. The fourth-order valence-corrected chi connectivity index (χ4v) is 2.01. The molecule has 1 unspecified atom stereocenters. The third-order valence-electron chi connectivity index (χ3n) is 3.01. The molecule has 0 fully saturated rings. The highest BCUT2D eigenvalue weighted by atomic mass is 19.1. The summed E-state index contributed by atoms with van der Waals surface area (Å²) >= 11 is 0. The number of anilines is 1. The summed E-state index contributed by atoms with van der Waals surface area (Å²) in [5.74, 6) is -0.537. The van der Waals surface area contributed by atoms with Crippen LogP contribution in [0.2, 0.25) is 0 Å². The summed E-state index contributed by atoms with van der Waals surface area (Å²) in [6.45, 7) is 1.80. The van der Waals surface area contributed by atoms with Crippen molar-refractivity contribution in [1.82, 2.24) is 0 Å². The Kier molecular flexibility index (Phi) is 2.58. The van der Waals surface area contributed by atoms with Crippen LogP contribution in [0.1, 0.15) is 18.9 Å². The first-order chi connectivity index (χ1) is 7.55. The van der Waals surface area contributed by atoms with Crippen LogP contribution < -0.4 is 5.32 Å². The maximum absolute atomic E-state index is 13.0. The fourth-order valence-electron chi connectivity index (χ4n) is 2.01. The van der Waals surface area contributed by atoms with Crippen molar-refractivity contribution in [2.24, 2.45) is 0 Å². The number of benzene rings is 1. The standard InChI is InChI=1S/C12H14FNO2/c1-12(11(15)16-2)6-5-8-7-9(13)3-4-10(8)14-12/h3-4,7,14H,5-6H2,1-2H3. The van der Waals surface area contributed by atoms with E-state index >= 15 is 0 Å². The molecule has 16 heavy (non-hydrogen) atoms. The number of carbonyl (C=O) groups is 1. The molecule has 0 bridgehead atoms. The summed E-state index contributed by atoms with van der Waals surface area (Å²) in [4.78, 5) is 11.6. The monoisotopic (exact) mass is 223 g/mol. The lowest BCUT2D eigenvalue weighted by Gasteiger charge is -2.34. The number of nitrogens with one attached hydrogen (secondary N) is 1. The molecule has 0 saturated carbocycles. The molecule has 1 aliphatic rings. The van der Waals surface area contributed by atoms with Gasteiger partial charge in [0, 0.05) is 5.69 Å². The van der Waals surface area contributed by atoms with Gasteiger partial charge in [-0.2, -0.15) is 0 Å². The molecular weight excluding hydrogens is 209 g/mol. The van der Waals surface area contributed by atoms with Crippen LogP contribution >= 0.6 is 0 Å². The number of esters is 1. The van der Waals surface area contributed by atoms with E-state index in [-0.39, 0.29) is 11.8 Å². The molecule has 0 amide bonds. The average molecular weight is 223 g/mol. The lowest BCUT2D eigenvalue weighted by Crippen LogP contribution is -2.47. The van der Waals surface area contributed by atoms with Crippen LogP contribution in [0.3, 0.4) is 0 Å². The first-order valence-electron chi connectivity index (χ1n) is 5.20. The molecule has 0 radical (unpaired) electrons. The minimum atomic E-state index is -0.709. The van der Waals surface area contributed by atoms with Crippen molar-refractivity contribution >= 4 is 11.7 Å². The second-order valence-corrected chi connectivity index (χ2v) is 4.25. The van der Waals surface area contributed by atoms with Crippen molar-refractivity contribution in [3.05, 3.63) is 29.6 Å². The number of halogens is 1. The molecule has 1 atom stereocenters. The zero-order valence-corrected chi connectivity index (χ0v) is 9.34. The minimum absolute atomic E-state index is 0.248. The molecule has 0 saturated heterocycles. The maximum Gasteiger partial charge on any atom is 0.331 e. The summed E-state index contributed by atoms with van der Waals surface area (Å²) in [5, 5.41) is 3.11. The number of methoxy groups -OCH3 is 1. The van der Waals surface area contributed by atoms with Crippen LogP contribution in [-0.4, -0.2) is 18.6 Å². The number of ether oxygens (including phenoxy) is 1. The molecule has 1 aromatic rings. The molecule has 1 heterocycles. The predicted molar refractivity (Wildman–Crippen MR) is 58.8 cm³/mol. The van der Waals surface area contributed by atoms with Gasteiger partial charge in [0.25, 0.3) is 0 Å². The summed E-state index contributed by atoms with van der Waals surface area (Å²) in [7, 11) is 1.37. The van der Waals surface area contributed by atoms with Crippen molar-refractivity contribution in [2.75, 3.05) is 12.4 Å². The number of hydrogen-bond acceptors (Lipinski definition) is 3. The second-order valence-electron chi connectivity index (χ2n) is 4.25. The summed E-state index contributed by atoms with van der Waals surface area (Å²) in [5.41, 5.74) is 1.00. The lowest BCUT2D eigenvalue weighted by molar-refractivity contribution is -0.145. The maximum atomic E-state index is 13.0. The summed E-state index contributed by atoms with van der Waals surface area (Å²) < 4.78 is 17.7. The van der Waals surface area contributed by atoms with E-state index in [1.165, 1.54) is 19.2 Å². The Morgan fingerprint density at radius 2 is 2.31 bits per heavy atom. The Morgan fingerprint density at radius 1 is 1.56 bits per heavy atom. The van der Waals surface area contributed by atoms with Crippen LogP contribution in [0, 0.1) is 5.82 Å². The molecule has 1 aromatic carbocycles. The number of hydrogen-bond donors (Lipinski definition) is 1. The smallest absolute Gasteiger partial charge is 0.331 e. The van der Waals surface area contributed by atoms with E-state index in [2.05, 4.69) is 5.32 Å². The molecule has 1 aliphatic heterocycles. The molecule has 0 aromatic heterocycles. The van der Waals surface area contributed by atoms with E-state index in [1.54, 1.807) is 13.0 Å². The van der Waals surface area contributed by atoms with Gasteiger partial charge in [0.05, 0.1) is 7.11 Å². The van der Waals surface area contributed by atoms with Crippen molar-refractivity contribution < 1.29 is 13.9 Å². The highest BCUT2D eigenvalue weighted by molar-refractivity contribution is 5.85. The van der Waals surface area contributed by atoms with Gasteiger partial charge >= 0.3 is 5.97 Å². The van der Waals surface area contributed by atoms with Crippen molar-refractivity contribution in [2.45, 2.75) is 25.3 Å². The first kappa shape index (κ1) is 10.9. The van der Waals surface area contributed by atoms with E-state index < -0.39 is 5.54 Å². The SMILES string of the molecule is COC(=O)C1(C)CCc2cc(F)ccc2N1. The molecular formula is C12H14FNO2. The van der Waals surface area contributed by atoms with Gasteiger partial charge in [-0.1, -0.05) is 0 Å². The van der Waals surface area contributed by atoms with Gasteiger partial charge in [0.15, 0.2) is 0 Å². The molecule has 0 spiro atoms. The van der Waals surface area contributed by atoms with Crippen LogP contribution in [0.25, 0.3) is 0 Å². The van der Waals surface area contributed by atoms with E-state index in [1.807, 2.05) is 0 Å². The highest BCUT2D eigenvalue weighted by Crippen LogP contribution is 2.31. The normalized spacial score (nSPS) is 23.2. The van der Waals surface area contributed by atoms with E-state index in [4.69, 9.17) is 4.74 Å². The molecule has 2 rings (SSSR count). The van der Waals surface area contributed by atoms with E-state index in [9.17, 15) is 9.18 Å². The topological polar surface area (TPSA) is 38.3 Å². The van der Waals surface area contributed by atoms with Gasteiger partial charge in [-0.3, -0.25) is 0 Å².